The molecule has 0 spiro atoms. The second-order valence-electron chi connectivity index (χ2n) is 6.08. The minimum absolute atomic E-state index is 0.216. The lowest BCUT2D eigenvalue weighted by atomic mass is 10.1. The number of fused-ring (bicyclic) bond motifs is 1. The van der Waals surface area contributed by atoms with Gasteiger partial charge >= 0.3 is 0 Å². The molecule has 0 unspecified atom stereocenters. The van der Waals surface area contributed by atoms with E-state index in [1.165, 1.54) is 0 Å². The van der Waals surface area contributed by atoms with E-state index < -0.39 is 0 Å². The number of ether oxygens (including phenoxy) is 1. The van der Waals surface area contributed by atoms with E-state index in [1.807, 2.05) is 59.1 Å². The van der Waals surface area contributed by atoms with Crippen molar-refractivity contribution in [1.29, 1.82) is 0 Å². The zero-order valence-electron chi connectivity index (χ0n) is 14.8. The van der Waals surface area contributed by atoms with Crippen molar-refractivity contribution in [3.8, 4) is 16.9 Å². The van der Waals surface area contributed by atoms with Crippen LogP contribution in [0.1, 0.15) is 16.1 Å². The van der Waals surface area contributed by atoms with E-state index in [1.54, 1.807) is 25.7 Å². The Kier molecular flexibility index (Phi) is 4.53. The van der Waals surface area contributed by atoms with Crippen molar-refractivity contribution in [2.75, 3.05) is 7.11 Å². The summed E-state index contributed by atoms with van der Waals surface area (Å²) in [5.41, 5.74) is 4.14. The quantitative estimate of drug-likeness (QED) is 0.594. The third kappa shape index (κ3) is 3.64. The molecular formula is C21H18N4O2. The number of hydrogen-bond donors (Lipinski definition) is 1. The molecule has 0 fully saturated rings. The van der Waals surface area contributed by atoms with Gasteiger partial charge in [-0.3, -0.25) is 9.78 Å². The summed E-state index contributed by atoms with van der Waals surface area (Å²) in [4.78, 5) is 21.0. The van der Waals surface area contributed by atoms with E-state index in [0.29, 0.717) is 12.2 Å². The molecule has 27 heavy (non-hydrogen) atoms. The number of rotatable bonds is 5. The predicted octanol–water partition coefficient (Wildman–Crippen LogP) is 3.33. The molecule has 0 aliphatic heterocycles. The van der Waals surface area contributed by atoms with E-state index in [0.717, 1.165) is 28.1 Å². The SMILES string of the molecule is COc1cccc(CNC(=O)c2cn3ccc(-c4ccncc4)cc3n2)c1. The highest BCUT2D eigenvalue weighted by Crippen LogP contribution is 2.20. The van der Waals surface area contributed by atoms with Gasteiger partial charge in [0.25, 0.3) is 5.91 Å². The molecule has 0 bridgehead atoms. The molecule has 3 aromatic heterocycles. The summed E-state index contributed by atoms with van der Waals surface area (Å²) in [5, 5.41) is 2.90. The number of benzene rings is 1. The van der Waals surface area contributed by atoms with E-state index in [9.17, 15) is 4.79 Å². The summed E-state index contributed by atoms with van der Waals surface area (Å²) in [6.45, 7) is 0.409. The summed E-state index contributed by atoms with van der Waals surface area (Å²) in [6.07, 6.45) is 7.13. The zero-order chi connectivity index (χ0) is 18.6. The first kappa shape index (κ1) is 16.8. The topological polar surface area (TPSA) is 68.5 Å². The maximum atomic E-state index is 12.5. The minimum Gasteiger partial charge on any atom is -0.497 e. The normalized spacial score (nSPS) is 10.7. The van der Waals surface area contributed by atoms with Crippen molar-refractivity contribution in [2.24, 2.45) is 0 Å². The predicted molar refractivity (Wildman–Crippen MR) is 103 cm³/mol. The van der Waals surface area contributed by atoms with Gasteiger partial charge in [0.15, 0.2) is 0 Å². The average molecular weight is 358 g/mol. The maximum Gasteiger partial charge on any atom is 0.271 e. The first-order valence-electron chi connectivity index (χ1n) is 8.53. The van der Waals surface area contributed by atoms with Crippen molar-refractivity contribution in [3.05, 3.63) is 84.6 Å². The average Bonchev–Trinajstić information content (AvgIpc) is 3.16. The van der Waals surface area contributed by atoms with E-state index in [-0.39, 0.29) is 5.91 Å². The summed E-state index contributed by atoms with van der Waals surface area (Å²) >= 11 is 0. The van der Waals surface area contributed by atoms with Gasteiger partial charge < -0.3 is 14.5 Å². The highest BCUT2D eigenvalue weighted by molar-refractivity contribution is 5.93. The van der Waals surface area contributed by atoms with Crippen LogP contribution in [-0.2, 0) is 6.54 Å². The fourth-order valence-corrected chi connectivity index (χ4v) is 2.87. The van der Waals surface area contributed by atoms with Crippen LogP contribution in [0.2, 0.25) is 0 Å². The molecule has 1 N–H and O–H groups in total. The number of imidazole rings is 1. The first-order chi connectivity index (χ1) is 13.2. The number of carbonyl (C=O) groups excluding carboxylic acids is 1. The molecule has 0 saturated carbocycles. The molecule has 1 aromatic carbocycles. The molecule has 0 radical (unpaired) electrons. The summed E-state index contributed by atoms with van der Waals surface area (Å²) in [5.74, 6) is 0.546. The van der Waals surface area contributed by atoms with Crippen molar-refractivity contribution in [3.63, 3.8) is 0 Å². The molecule has 134 valence electrons. The first-order valence-corrected chi connectivity index (χ1v) is 8.53. The molecule has 0 saturated heterocycles. The van der Waals surface area contributed by atoms with Crippen LogP contribution in [0.4, 0.5) is 0 Å². The van der Waals surface area contributed by atoms with Gasteiger partial charge in [0.05, 0.1) is 7.11 Å². The van der Waals surface area contributed by atoms with Gasteiger partial charge in [0.1, 0.15) is 17.1 Å². The smallest absolute Gasteiger partial charge is 0.271 e. The van der Waals surface area contributed by atoms with Crippen LogP contribution in [0.15, 0.2) is 73.3 Å². The number of amides is 1. The lowest BCUT2D eigenvalue weighted by molar-refractivity contribution is 0.0946. The van der Waals surface area contributed by atoms with Crippen molar-refractivity contribution in [1.82, 2.24) is 19.7 Å². The van der Waals surface area contributed by atoms with Gasteiger partial charge in [-0.25, -0.2) is 4.98 Å². The lowest BCUT2D eigenvalue weighted by Crippen LogP contribution is -2.23. The van der Waals surface area contributed by atoms with E-state index >= 15 is 0 Å². The van der Waals surface area contributed by atoms with Crippen LogP contribution in [0, 0.1) is 0 Å². The Bertz CT molecular complexity index is 1090. The number of nitrogens with one attached hydrogen (secondary N) is 1. The second-order valence-corrected chi connectivity index (χ2v) is 6.08. The fourth-order valence-electron chi connectivity index (χ4n) is 2.87. The summed E-state index contributed by atoms with van der Waals surface area (Å²) in [6, 6.07) is 15.4. The van der Waals surface area contributed by atoms with Gasteiger partial charge in [-0.05, 0) is 53.1 Å². The van der Waals surface area contributed by atoms with Crippen molar-refractivity contribution >= 4 is 11.6 Å². The Hall–Kier alpha value is -3.67. The Balaban J connectivity index is 1.52. The Morgan fingerprint density at radius 1 is 1.11 bits per heavy atom. The van der Waals surface area contributed by atoms with Crippen molar-refractivity contribution in [2.45, 2.75) is 6.54 Å². The van der Waals surface area contributed by atoms with E-state index in [4.69, 9.17) is 4.74 Å². The van der Waals surface area contributed by atoms with Crippen LogP contribution < -0.4 is 10.1 Å². The van der Waals surface area contributed by atoms with Gasteiger partial charge in [-0.15, -0.1) is 0 Å². The number of methoxy groups -OCH3 is 1. The highest BCUT2D eigenvalue weighted by atomic mass is 16.5. The van der Waals surface area contributed by atoms with Gasteiger partial charge in [0.2, 0.25) is 0 Å². The molecule has 0 aliphatic rings. The van der Waals surface area contributed by atoms with Crippen LogP contribution in [0.3, 0.4) is 0 Å². The zero-order valence-corrected chi connectivity index (χ0v) is 14.8. The van der Waals surface area contributed by atoms with Crippen molar-refractivity contribution < 1.29 is 9.53 Å². The molecular weight excluding hydrogens is 340 g/mol. The van der Waals surface area contributed by atoms with Crippen LogP contribution >= 0.6 is 0 Å². The number of carbonyl (C=O) groups is 1. The highest BCUT2D eigenvalue weighted by Gasteiger charge is 2.11. The molecule has 1 amide bonds. The standard InChI is InChI=1S/C21H18N4O2/c1-27-18-4-2-3-15(11-18)13-23-21(26)19-14-25-10-7-17(12-20(25)24-19)16-5-8-22-9-6-16/h2-12,14H,13H2,1H3,(H,23,26). The monoisotopic (exact) mass is 358 g/mol. The van der Waals surface area contributed by atoms with Crippen LogP contribution in [-0.4, -0.2) is 27.4 Å². The third-order valence-corrected chi connectivity index (χ3v) is 4.29. The number of hydrogen-bond acceptors (Lipinski definition) is 4. The Morgan fingerprint density at radius 3 is 2.78 bits per heavy atom. The van der Waals surface area contributed by atoms with Gasteiger partial charge in [0, 0.05) is 31.3 Å². The Labute approximate surface area is 156 Å². The molecule has 4 aromatic rings. The Morgan fingerprint density at radius 2 is 1.96 bits per heavy atom. The summed E-state index contributed by atoms with van der Waals surface area (Å²) in [7, 11) is 1.62. The number of pyridine rings is 2. The number of nitrogens with zero attached hydrogens (tertiary/aromatic N) is 3. The molecule has 6 heteroatoms. The second kappa shape index (κ2) is 7.29. The van der Waals surface area contributed by atoms with Crippen LogP contribution in [0.25, 0.3) is 16.8 Å². The maximum absolute atomic E-state index is 12.5. The molecule has 4 rings (SSSR count). The fraction of sp³-hybridized carbons (Fsp3) is 0.0952. The van der Waals surface area contributed by atoms with Gasteiger partial charge in [-0.1, -0.05) is 12.1 Å². The number of aromatic nitrogens is 3. The largest absolute Gasteiger partial charge is 0.497 e. The molecule has 3 heterocycles. The molecule has 6 nitrogen and oxygen atoms in total. The minimum atomic E-state index is -0.216. The summed E-state index contributed by atoms with van der Waals surface area (Å²) < 4.78 is 7.04. The molecule has 0 aliphatic carbocycles. The van der Waals surface area contributed by atoms with E-state index in [2.05, 4.69) is 15.3 Å². The van der Waals surface area contributed by atoms with Gasteiger partial charge in [-0.2, -0.15) is 0 Å². The third-order valence-electron chi connectivity index (χ3n) is 4.29. The van der Waals surface area contributed by atoms with Crippen LogP contribution in [0.5, 0.6) is 5.75 Å². The lowest BCUT2D eigenvalue weighted by Gasteiger charge is -2.05. The molecule has 0 atom stereocenters.